The summed E-state index contributed by atoms with van der Waals surface area (Å²) < 4.78 is 5.46. The van der Waals surface area contributed by atoms with E-state index < -0.39 is 12.1 Å². The maximum atomic E-state index is 12.5. The third kappa shape index (κ3) is 51.2. The van der Waals surface area contributed by atoms with Gasteiger partial charge in [0.2, 0.25) is 5.91 Å². The van der Waals surface area contributed by atoms with E-state index in [1.54, 1.807) is 6.08 Å². The minimum atomic E-state index is -0.857. The summed E-state index contributed by atoms with van der Waals surface area (Å²) in [5, 5.41) is 23.1. The highest BCUT2D eigenvalue weighted by Gasteiger charge is 2.18. The van der Waals surface area contributed by atoms with Crippen molar-refractivity contribution in [3.8, 4) is 0 Å². The highest BCUT2D eigenvalue weighted by Crippen LogP contribution is 2.16. The van der Waals surface area contributed by atoms with Gasteiger partial charge in [-0.1, -0.05) is 249 Å². The Hall–Kier alpha value is -2.18. The zero-order valence-corrected chi connectivity index (χ0v) is 43.9. The molecule has 6 heteroatoms. The largest absolute Gasteiger partial charge is 0.466 e. The molecule has 6 nitrogen and oxygen atoms in total. The first kappa shape index (κ1) is 63.8. The number of hydrogen-bond acceptors (Lipinski definition) is 5. The predicted octanol–water partition coefficient (Wildman–Crippen LogP) is 17.8. The summed E-state index contributed by atoms with van der Waals surface area (Å²) in [6.45, 7) is 4.84. The first-order chi connectivity index (χ1) is 32.5. The van der Waals surface area contributed by atoms with Crippen molar-refractivity contribution in [1.29, 1.82) is 0 Å². The van der Waals surface area contributed by atoms with Crippen LogP contribution in [0.25, 0.3) is 0 Å². The first-order valence-corrected chi connectivity index (χ1v) is 28.9. The summed E-state index contributed by atoms with van der Waals surface area (Å²) in [4.78, 5) is 24.5. The third-order valence-corrected chi connectivity index (χ3v) is 13.1. The molecule has 0 aromatic heterocycles. The van der Waals surface area contributed by atoms with E-state index in [1.165, 1.54) is 199 Å². The van der Waals surface area contributed by atoms with Crippen LogP contribution in [-0.4, -0.2) is 47.4 Å². The normalized spacial score (nSPS) is 13.0. The van der Waals surface area contributed by atoms with Gasteiger partial charge in [0.15, 0.2) is 0 Å². The smallest absolute Gasteiger partial charge is 0.305 e. The van der Waals surface area contributed by atoms with E-state index in [-0.39, 0.29) is 18.5 Å². The Labute approximate surface area is 410 Å². The lowest BCUT2D eigenvalue weighted by atomic mass is 10.0. The molecule has 1 amide bonds. The minimum Gasteiger partial charge on any atom is -0.466 e. The van der Waals surface area contributed by atoms with E-state index in [1.807, 2.05) is 6.08 Å². The van der Waals surface area contributed by atoms with Crippen LogP contribution in [0.2, 0.25) is 0 Å². The molecule has 0 saturated heterocycles. The van der Waals surface area contributed by atoms with Crippen LogP contribution in [0.1, 0.15) is 296 Å². The number of unbranched alkanes of at least 4 members (excludes halogenated alkanes) is 36. The number of carbonyl (C=O) groups is 2. The van der Waals surface area contributed by atoms with Crippen molar-refractivity contribution in [3.05, 3.63) is 48.6 Å². The number of rotatable bonds is 53. The lowest BCUT2D eigenvalue weighted by Crippen LogP contribution is -2.45. The molecule has 3 N–H and O–H groups in total. The van der Waals surface area contributed by atoms with Crippen molar-refractivity contribution in [3.63, 3.8) is 0 Å². The van der Waals surface area contributed by atoms with Gasteiger partial charge in [-0.25, -0.2) is 0 Å². The van der Waals surface area contributed by atoms with E-state index in [0.29, 0.717) is 19.4 Å². The predicted molar refractivity (Wildman–Crippen MR) is 287 cm³/mol. The fourth-order valence-electron chi connectivity index (χ4n) is 8.59. The number of aliphatic hydroxyl groups excluding tert-OH is 2. The number of ether oxygens (including phenoxy) is 1. The Morgan fingerprint density at radius 2 is 0.773 bits per heavy atom. The zero-order valence-electron chi connectivity index (χ0n) is 43.9. The summed E-state index contributed by atoms with van der Waals surface area (Å²) in [6, 6.07) is -0.642. The second-order valence-electron chi connectivity index (χ2n) is 19.6. The Kier molecular flexibility index (Phi) is 53.6. The maximum Gasteiger partial charge on any atom is 0.305 e. The van der Waals surface area contributed by atoms with Crippen LogP contribution in [0.5, 0.6) is 0 Å². The molecule has 0 spiro atoms. The van der Waals surface area contributed by atoms with Crippen molar-refractivity contribution in [2.45, 2.75) is 309 Å². The second-order valence-corrected chi connectivity index (χ2v) is 19.6. The lowest BCUT2D eigenvalue weighted by Gasteiger charge is -2.20. The summed E-state index contributed by atoms with van der Waals surface area (Å²) in [5.41, 5.74) is 0. The first-order valence-electron chi connectivity index (χ1n) is 28.9. The average Bonchev–Trinajstić information content (AvgIpc) is 3.32. The van der Waals surface area contributed by atoms with E-state index in [4.69, 9.17) is 4.74 Å². The number of hydrogen-bond donors (Lipinski definition) is 3. The van der Waals surface area contributed by atoms with Crippen molar-refractivity contribution < 1.29 is 24.5 Å². The van der Waals surface area contributed by atoms with Crippen LogP contribution >= 0.6 is 0 Å². The average molecular weight is 927 g/mol. The van der Waals surface area contributed by atoms with E-state index in [0.717, 1.165) is 70.6 Å². The fraction of sp³-hybridized carbons (Fsp3) is 0.833. The molecule has 0 fully saturated rings. The van der Waals surface area contributed by atoms with Gasteiger partial charge in [-0.3, -0.25) is 9.59 Å². The molecule has 0 aliphatic rings. The number of carbonyl (C=O) groups excluding carboxylic acids is 2. The summed E-state index contributed by atoms with van der Waals surface area (Å²) in [6.07, 6.45) is 69.8. The van der Waals surface area contributed by atoms with Gasteiger partial charge in [0, 0.05) is 12.8 Å². The lowest BCUT2D eigenvalue weighted by molar-refractivity contribution is -0.143. The molecule has 0 aromatic carbocycles. The van der Waals surface area contributed by atoms with Crippen LogP contribution in [-0.2, 0) is 14.3 Å². The Morgan fingerprint density at radius 3 is 1.21 bits per heavy atom. The molecule has 0 rings (SSSR count). The van der Waals surface area contributed by atoms with Gasteiger partial charge in [-0.05, 0) is 83.5 Å². The number of amides is 1. The molecule has 0 aromatic rings. The van der Waals surface area contributed by atoms with Gasteiger partial charge < -0.3 is 20.3 Å². The number of aliphatic hydroxyl groups is 2. The van der Waals surface area contributed by atoms with Crippen molar-refractivity contribution in [2.24, 2.45) is 0 Å². The molecule has 2 unspecified atom stereocenters. The van der Waals surface area contributed by atoms with E-state index in [9.17, 15) is 19.8 Å². The third-order valence-electron chi connectivity index (χ3n) is 13.1. The van der Waals surface area contributed by atoms with Gasteiger partial charge in [-0.15, -0.1) is 0 Å². The molecule has 0 radical (unpaired) electrons. The minimum absolute atomic E-state index is 0.0189. The number of nitrogens with one attached hydrogen (secondary N) is 1. The molecule has 0 aliphatic carbocycles. The fourth-order valence-corrected chi connectivity index (χ4v) is 8.59. The highest BCUT2D eigenvalue weighted by atomic mass is 16.5. The summed E-state index contributed by atoms with van der Waals surface area (Å²) in [5.74, 6) is -0.104. The van der Waals surface area contributed by atoms with E-state index in [2.05, 4.69) is 55.6 Å². The molecule has 2 atom stereocenters. The van der Waals surface area contributed by atoms with Crippen LogP contribution < -0.4 is 5.32 Å². The monoisotopic (exact) mass is 926 g/mol. The Balaban J connectivity index is 3.52. The van der Waals surface area contributed by atoms with E-state index >= 15 is 0 Å². The van der Waals surface area contributed by atoms with Crippen molar-refractivity contribution >= 4 is 11.9 Å². The molecule has 0 heterocycles. The quantitative estimate of drug-likeness (QED) is 0.0321. The van der Waals surface area contributed by atoms with Gasteiger partial charge in [0.25, 0.3) is 0 Å². The van der Waals surface area contributed by atoms with Crippen LogP contribution in [0, 0.1) is 0 Å². The SMILES string of the molecule is CCCC/C=C\C/C=C\CCCCCCCC(=O)OCCCCCCCCC/C=C\CCCCCCCC(=O)NC(CO)C(O)/C=C/CCCCCCCCCCCCCCCCCCC. The highest BCUT2D eigenvalue weighted by molar-refractivity contribution is 5.76. The molecule has 0 bridgehead atoms. The van der Waals surface area contributed by atoms with Crippen LogP contribution in [0.4, 0.5) is 0 Å². The van der Waals surface area contributed by atoms with Crippen LogP contribution in [0.3, 0.4) is 0 Å². The van der Waals surface area contributed by atoms with Crippen molar-refractivity contribution in [2.75, 3.05) is 13.2 Å². The summed E-state index contributed by atoms with van der Waals surface area (Å²) >= 11 is 0. The number of esters is 1. The molecular formula is C60H111NO5. The van der Waals surface area contributed by atoms with Crippen LogP contribution in [0.15, 0.2) is 48.6 Å². The molecule has 66 heavy (non-hydrogen) atoms. The van der Waals surface area contributed by atoms with Gasteiger partial charge >= 0.3 is 5.97 Å². The van der Waals surface area contributed by atoms with Gasteiger partial charge in [0.05, 0.1) is 25.4 Å². The molecule has 0 saturated carbocycles. The maximum absolute atomic E-state index is 12.5. The Morgan fingerprint density at radius 1 is 0.424 bits per heavy atom. The molecule has 0 aliphatic heterocycles. The second kappa shape index (κ2) is 55.4. The van der Waals surface area contributed by atoms with Crippen molar-refractivity contribution in [1.82, 2.24) is 5.32 Å². The Bertz CT molecular complexity index is 1110. The van der Waals surface area contributed by atoms with Gasteiger partial charge in [-0.2, -0.15) is 0 Å². The standard InChI is InChI=1S/C60H111NO5/c1-3-5-7-9-11-13-15-17-19-20-21-22-25-28-32-36-40-44-48-52-58(63)57(56-62)61-59(64)53-49-45-41-37-33-29-26-23-24-27-31-35-39-43-47-51-55-66-60(65)54-50-46-42-38-34-30-18-16-14-12-10-8-6-4-2/h10,12,16,18,23,26,48,52,57-58,62-63H,3-9,11,13-15,17,19-22,24-25,27-47,49-51,53-56H2,1-2H3,(H,61,64)/b12-10-,18-16-,26-23-,52-48+. The molecular weight excluding hydrogens is 815 g/mol. The van der Waals surface area contributed by atoms with Gasteiger partial charge in [0.1, 0.15) is 0 Å². The zero-order chi connectivity index (χ0) is 47.9. The number of allylic oxidation sites excluding steroid dienone is 7. The topological polar surface area (TPSA) is 95.9 Å². The summed E-state index contributed by atoms with van der Waals surface area (Å²) in [7, 11) is 0. The molecule has 386 valence electrons.